The lowest BCUT2D eigenvalue weighted by Crippen LogP contribution is -2.49. The maximum Gasteiger partial charge on any atom is 0.191 e. The number of aryl methyl sites for hydroxylation is 2. The van der Waals surface area contributed by atoms with Crippen LogP contribution in [-0.2, 0) is 5.60 Å². The maximum atomic E-state index is 10.9. The molecule has 1 aliphatic heterocycles. The summed E-state index contributed by atoms with van der Waals surface area (Å²) in [6.07, 6.45) is 2.59. The Morgan fingerprint density at radius 3 is 2.48 bits per heavy atom. The zero-order valence-corrected chi connectivity index (χ0v) is 17.9. The van der Waals surface area contributed by atoms with E-state index in [1.54, 1.807) is 6.92 Å². The van der Waals surface area contributed by atoms with Crippen LogP contribution in [0.2, 0.25) is 0 Å². The first-order chi connectivity index (χ1) is 12.7. The molecule has 2 rings (SSSR count). The SMILES string of the molecule is CCNC(=NCC(C)(O)c1cc(C)oc1C)NCC(C(C)C)N1CCCC1. The number of likely N-dealkylation sites (tertiary alicyclic amines) is 1. The van der Waals surface area contributed by atoms with Gasteiger partial charge in [-0.3, -0.25) is 4.90 Å². The normalized spacial score (nSPS) is 19.3. The van der Waals surface area contributed by atoms with E-state index in [1.165, 1.54) is 25.9 Å². The van der Waals surface area contributed by atoms with E-state index in [0.717, 1.165) is 36.1 Å². The van der Waals surface area contributed by atoms with Gasteiger partial charge in [-0.25, -0.2) is 4.99 Å². The summed E-state index contributed by atoms with van der Waals surface area (Å²) in [4.78, 5) is 7.23. The average Bonchev–Trinajstić information content (AvgIpc) is 3.22. The third-order valence-corrected chi connectivity index (χ3v) is 5.37. The molecule has 0 aromatic carbocycles. The van der Waals surface area contributed by atoms with Crippen molar-refractivity contribution in [3.8, 4) is 0 Å². The molecule has 3 N–H and O–H groups in total. The van der Waals surface area contributed by atoms with Gasteiger partial charge in [-0.15, -0.1) is 0 Å². The topological polar surface area (TPSA) is 73.0 Å². The first kappa shape index (κ1) is 21.8. The van der Waals surface area contributed by atoms with Crippen LogP contribution in [0.3, 0.4) is 0 Å². The second kappa shape index (κ2) is 9.60. The maximum absolute atomic E-state index is 10.9. The van der Waals surface area contributed by atoms with Crippen molar-refractivity contribution < 1.29 is 9.52 Å². The van der Waals surface area contributed by atoms with Gasteiger partial charge < -0.3 is 20.2 Å². The Labute approximate surface area is 164 Å². The summed E-state index contributed by atoms with van der Waals surface area (Å²) < 4.78 is 5.57. The molecule has 27 heavy (non-hydrogen) atoms. The Balaban J connectivity index is 2.03. The van der Waals surface area contributed by atoms with Gasteiger partial charge in [-0.2, -0.15) is 0 Å². The Morgan fingerprint density at radius 1 is 1.30 bits per heavy atom. The summed E-state index contributed by atoms with van der Waals surface area (Å²) in [5.41, 5.74) is -0.256. The van der Waals surface area contributed by atoms with E-state index in [1.807, 2.05) is 19.9 Å². The number of rotatable bonds is 8. The highest BCUT2D eigenvalue weighted by molar-refractivity contribution is 5.79. The molecule has 1 aromatic heterocycles. The number of hydrogen-bond donors (Lipinski definition) is 3. The average molecular weight is 379 g/mol. The lowest BCUT2D eigenvalue weighted by atomic mass is 9.96. The molecule has 1 saturated heterocycles. The van der Waals surface area contributed by atoms with Gasteiger partial charge in [0.15, 0.2) is 5.96 Å². The summed E-state index contributed by atoms with van der Waals surface area (Å²) in [5, 5.41) is 17.7. The zero-order valence-electron chi connectivity index (χ0n) is 17.9. The van der Waals surface area contributed by atoms with Crippen molar-refractivity contribution in [3.63, 3.8) is 0 Å². The van der Waals surface area contributed by atoms with Crippen LogP contribution in [0.4, 0.5) is 0 Å². The van der Waals surface area contributed by atoms with E-state index in [2.05, 4.69) is 41.3 Å². The second-order valence-electron chi connectivity index (χ2n) is 8.23. The Hall–Kier alpha value is -1.53. The van der Waals surface area contributed by atoms with Crippen molar-refractivity contribution in [3.05, 3.63) is 23.2 Å². The minimum atomic E-state index is -1.06. The van der Waals surface area contributed by atoms with Crippen molar-refractivity contribution in [2.75, 3.05) is 32.7 Å². The summed E-state index contributed by atoms with van der Waals surface area (Å²) in [7, 11) is 0. The van der Waals surface area contributed by atoms with E-state index in [4.69, 9.17) is 4.42 Å². The molecule has 0 radical (unpaired) electrons. The van der Waals surface area contributed by atoms with Gasteiger partial charge in [0.05, 0.1) is 6.54 Å². The third kappa shape index (κ3) is 5.98. The van der Waals surface area contributed by atoms with E-state index in [9.17, 15) is 5.11 Å². The number of hydrogen-bond acceptors (Lipinski definition) is 4. The van der Waals surface area contributed by atoms with Crippen molar-refractivity contribution in [2.24, 2.45) is 10.9 Å². The van der Waals surface area contributed by atoms with Gasteiger partial charge in [0.1, 0.15) is 17.1 Å². The smallest absolute Gasteiger partial charge is 0.191 e. The van der Waals surface area contributed by atoms with Crippen molar-refractivity contribution in [2.45, 2.75) is 66.0 Å². The van der Waals surface area contributed by atoms with Crippen LogP contribution in [0.25, 0.3) is 0 Å². The first-order valence-electron chi connectivity index (χ1n) is 10.3. The highest BCUT2D eigenvalue weighted by atomic mass is 16.3. The second-order valence-corrected chi connectivity index (χ2v) is 8.23. The highest BCUT2D eigenvalue weighted by Gasteiger charge is 2.28. The lowest BCUT2D eigenvalue weighted by Gasteiger charge is -2.31. The highest BCUT2D eigenvalue weighted by Crippen LogP contribution is 2.27. The summed E-state index contributed by atoms with van der Waals surface area (Å²) in [6.45, 7) is 16.5. The van der Waals surface area contributed by atoms with Crippen molar-refractivity contribution in [1.82, 2.24) is 15.5 Å². The monoisotopic (exact) mass is 378 g/mol. The Morgan fingerprint density at radius 2 is 1.96 bits per heavy atom. The number of guanidine groups is 1. The number of aliphatic hydroxyl groups is 1. The van der Waals surface area contributed by atoms with Gasteiger partial charge in [-0.1, -0.05) is 13.8 Å². The first-order valence-corrected chi connectivity index (χ1v) is 10.3. The van der Waals surface area contributed by atoms with Gasteiger partial charge in [0.2, 0.25) is 0 Å². The van der Waals surface area contributed by atoms with Gasteiger partial charge in [-0.05, 0) is 65.6 Å². The van der Waals surface area contributed by atoms with Crippen LogP contribution in [0.15, 0.2) is 15.5 Å². The van der Waals surface area contributed by atoms with E-state index in [-0.39, 0.29) is 6.54 Å². The standard InChI is InChI=1S/C21H38N4O2/c1-7-22-20(23-13-19(15(2)3)25-10-8-9-11-25)24-14-21(6,26)18-12-16(4)27-17(18)5/h12,15,19,26H,7-11,13-14H2,1-6H3,(H2,22,23,24). The molecule has 2 atom stereocenters. The van der Waals surface area contributed by atoms with E-state index >= 15 is 0 Å². The molecule has 1 aromatic rings. The van der Waals surface area contributed by atoms with E-state index in [0.29, 0.717) is 12.0 Å². The van der Waals surface area contributed by atoms with Crippen LogP contribution in [0, 0.1) is 19.8 Å². The van der Waals surface area contributed by atoms with Crippen LogP contribution < -0.4 is 10.6 Å². The minimum Gasteiger partial charge on any atom is -0.466 e. The predicted molar refractivity (Wildman–Crippen MR) is 111 cm³/mol. The molecule has 0 aliphatic carbocycles. The summed E-state index contributed by atoms with van der Waals surface area (Å²) in [5.74, 6) is 2.89. The van der Waals surface area contributed by atoms with Gasteiger partial charge in [0.25, 0.3) is 0 Å². The van der Waals surface area contributed by atoms with Gasteiger partial charge >= 0.3 is 0 Å². The number of nitrogens with zero attached hydrogens (tertiary/aromatic N) is 2. The van der Waals surface area contributed by atoms with Gasteiger partial charge in [0, 0.05) is 24.7 Å². The molecule has 0 amide bonds. The predicted octanol–water partition coefficient (Wildman–Crippen LogP) is 2.78. The summed E-state index contributed by atoms with van der Waals surface area (Å²) in [6, 6.07) is 2.39. The molecule has 1 aliphatic rings. The minimum absolute atomic E-state index is 0.276. The fourth-order valence-corrected chi connectivity index (χ4v) is 3.89. The van der Waals surface area contributed by atoms with Crippen LogP contribution in [0.5, 0.6) is 0 Å². The molecule has 6 nitrogen and oxygen atoms in total. The largest absolute Gasteiger partial charge is 0.466 e. The Kier molecular flexibility index (Phi) is 7.74. The fraction of sp³-hybridized carbons (Fsp3) is 0.762. The quantitative estimate of drug-likeness (QED) is 0.479. The number of nitrogens with one attached hydrogen (secondary N) is 2. The van der Waals surface area contributed by atoms with Crippen molar-refractivity contribution >= 4 is 5.96 Å². The molecular weight excluding hydrogens is 340 g/mol. The van der Waals surface area contributed by atoms with E-state index < -0.39 is 5.60 Å². The molecule has 2 heterocycles. The molecule has 0 spiro atoms. The molecule has 154 valence electrons. The van der Waals surface area contributed by atoms with Crippen LogP contribution >= 0.6 is 0 Å². The number of furan rings is 1. The fourth-order valence-electron chi connectivity index (χ4n) is 3.89. The molecule has 6 heteroatoms. The van der Waals surface area contributed by atoms with Crippen LogP contribution in [-0.4, -0.2) is 54.7 Å². The number of aliphatic imine (C=N–C) groups is 1. The Bertz CT molecular complexity index is 616. The lowest BCUT2D eigenvalue weighted by molar-refractivity contribution is 0.0656. The third-order valence-electron chi connectivity index (χ3n) is 5.37. The van der Waals surface area contributed by atoms with Crippen LogP contribution in [0.1, 0.15) is 57.6 Å². The molecule has 0 bridgehead atoms. The molecule has 1 fully saturated rings. The summed E-state index contributed by atoms with van der Waals surface area (Å²) >= 11 is 0. The molecular formula is C21H38N4O2. The zero-order chi connectivity index (χ0) is 20.0. The van der Waals surface area contributed by atoms with Crippen molar-refractivity contribution in [1.29, 1.82) is 0 Å². The molecule has 2 unspecified atom stereocenters. The molecule has 0 saturated carbocycles.